The fourth-order valence-electron chi connectivity index (χ4n) is 2.09. The Morgan fingerprint density at radius 3 is 2.38 bits per heavy atom. The highest BCUT2D eigenvalue weighted by Gasteiger charge is 2.27. The number of nitrogens with one attached hydrogen (secondary N) is 1. The summed E-state index contributed by atoms with van der Waals surface area (Å²) in [5, 5.41) is 2.99. The molecule has 0 atom stereocenters. The van der Waals surface area contributed by atoms with Crippen molar-refractivity contribution >= 4 is 0 Å². The van der Waals surface area contributed by atoms with Crippen LogP contribution >= 0.6 is 0 Å². The topological polar surface area (TPSA) is 15.3 Å². The number of likely N-dealkylation sites (tertiary alicyclic amines) is 1. The Labute approximate surface area is 95.2 Å². The van der Waals surface area contributed by atoms with E-state index in [-0.39, 0.29) is 12.6 Å². The molecule has 1 saturated heterocycles. The molecule has 1 N–H and O–H groups in total. The Kier molecular flexibility index (Phi) is 5.55. The van der Waals surface area contributed by atoms with E-state index in [2.05, 4.69) is 17.1 Å². The van der Waals surface area contributed by atoms with Gasteiger partial charge in [0.15, 0.2) is 0 Å². The summed E-state index contributed by atoms with van der Waals surface area (Å²) in [7, 11) is 0. The van der Waals surface area contributed by atoms with Gasteiger partial charge in [0.2, 0.25) is 0 Å². The van der Waals surface area contributed by atoms with E-state index in [0.29, 0.717) is 0 Å². The van der Waals surface area contributed by atoms with Gasteiger partial charge in [-0.15, -0.1) is 0 Å². The number of nitrogens with zero attached hydrogens (tertiary/aromatic N) is 1. The maximum absolute atomic E-state index is 11.9. The van der Waals surface area contributed by atoms with Crippen LogP contribution in [0, 0.1) is 0 Å². The summed E-state index contributed by atoms with van der Waals surface area (Å²) in [6.45, 7) is 5.33. The summed E-state index contributed by atoms with van der Waals surface area (Å²) < 4.78 is 35.8. The van der Waals surface area contributed by atoms with Gasteiger partial charge in [-0.25, -0.2) is 0 Å². The zero-order valence-electron chi connectivity index (χ0n) is 9.82. The molecule has 0 aromatic rings. The number of hydrogen-bond acceptors (Lipinski definition) is 2. The van der Waals surface area contributed by atoms with Crippen LogP contribution < -0.4 is 5.32 Å². The highest BCUT2D eigenvalue weighted by molar-refractivity contribution is 4.77. The Morgan fingerprint density at radius 2 is 1.88 bits per heavy atom. The highest BCUT2D eigenvalue weighted by Crippen LogP contribution is 2.19. The van der Waals surface area contributed by atoms with Gasteiger partial charge in [-0.2, -0.15) is 13.2 Å². The van der Waals surface area contributed by atoms with Crippen LogP contribution in [0.5, 0.6) is 0 Å². The molecule has 0 unspecified atom stereocenters. The van der Waals surface area contributed by atoms with Crippen LogP contribution in [0.15, 0.2) is 0 Å². The third-order valence-electron chi connectivity index (χ3n) is 2.97. The minimum absolute atomic E-state index is 0.0575. The lowest BCUT2D eigenvalue weighted by atomic mass is 10.0. The van der Waals surface area contributed by atoms with Crippen molar-refractivity contribution in [2.45, 2.75) is 44.8 Å². The normalized spacial score (nSPS) is 20.2. The maximum Gasteiger partial charge on any atom is 0.390 e. The van der Waals surface area contributed by atoms with E-state index in [0.717, 1.165) is 38.9 Å². The van der Waals surface area contributed by atoms with Crippen molar-refractivity contribution in [3.63, 3.8) is 0 Å². The Hall–Kier alpha value is -0.290. The zero-order valence-corrected chi connectivity index (χ0v) is 9.82. The van der Waals surface area contributed by atoms with Crippen molar-refractivity contribution < 1.29 is 13.2 Å². The van der Waals surface area contributed by atoms with Gasteiger partial charge in [-0.1, -0.05) is 6.92 Å². The molecule has 16 heavy (non-hydrogen) atoms. The largest absolute Gasteiger partial charge is 0.390 e. The first-order chi connectivity index (χ1) is 7.51. The average Bonchev–Trinajstić information content (AvgIpc) is 2.19. The first kappa shape index (κ1) is 13.8. The summed E-state index contributed by atoms with van der Waals surface area (Å²) >= 11 is 0. The smallest absolute Gasteiger partial charge is 0.314 e. The summed E-state index contributed by atoms with van der Waals surface area (Å²) in [6.07, 6.45) is -1.67. The first-order valence-corrected chi connectivity index (χ1v) is 6.04. The van der Waals surface area contributed by atoms with Gasteiger partial charge in [0, 0.05) is 12.6 Å². The Morgan fingerprint density at radius 1 is 1.25 bits per heavy atom. The average molecular weight is 238 g/mol. The lowest BCUT2D eigenvalue weighted by Crippen LogP contribution is -2.43. The molecule has 2 nitrogen and oxygen atoms in total. The molecule has 1 fully saturated rings. The SMILES string of the molecule is CCCN1CCC(NCCC(F)(F)F)CC1. The molecule has 5 heteroatoms. The monoisotopic (exact) mass is 238 g/mol. The van der Waals surface area contributed by atoms with Gasteiger partial charge in [0.1, 0.15) is 0 Å². The molecule has 0 aromatic heterocycles. The second kappa shape index (κ2) is 6.45. The van der Waals surface area contributed by atoms with Crippen LogP contribution in [-0.4, -0.2) is 43.3 Å². The fraction of sp³-hybridized carbons (Fsp3) is 1.00. The van der Waals surface area contributed by atoms with Gasteiger partial charge in [-0.3, -0.25) is 0 Å². The molecule has 1 aliphatic heterocycles. The molecule has 0 bridgehead atoms. The van der Waals surface area contributed by atoms with Crippen LogP contribution in [-0.2, 0) is 0 Å². The second-order valence-electron chi connectivity index (χ2n) is 4.44. The molecular formula is C11H21F3N2. The minimum atomic E-state index is -4.03. The van der Waals surface area contributed by atoms with Gasteiger partial charge < -0.3 is 10.2 Å². The third kappa shape index (κ3) is 5.70. The van der Waals surface area contributed by atoms with Crippen molar-refractivity contribution in [1.29, 1.82) is 0 Å². The van der Waals surface area contributed by atoms with Crippen molar-refractivity contribution in [2.75, 3.05) is 26.2 Å². The number of rotatable bonds is 5. The van der Waals surface area contributed by atoms with E-state index >= 15 is 0 Å². The molecule has 0 amide bonds. The van der Waals surface area contributed by atoms with Crippen molar-refractivity contribution in [2.24, 2.45) is 0 Å². The van der Waals surface area contributed by atoms with Crippen LogP contribution in [0.2, 0.25) is 0 Å². The van der Waals surface area contributed by atoms with E-state index < -0.39 is 12.6 Å². The number of hydrogen-bond donors (Lipinski definition) is 1. The molecule has 0 aliphatic carbocycles. The summed E-state index contributed by atoms with van der Waals surface area (Å²) in [5.41, 5.74) is 0. The van der Waals surface area contributed by atoms with Gasteiger partial charge >= 0.3 is 6.18 Å². The molecular weight excluding hydrogens is 217 g/mol. The van der Waals surface area contributed by atoms with Gasteiger partial charge in [0.05, 0.1) is 6.42 Å². The molecule has 96 valence electrons. The summed E-state index contributed by atoms with van der Waals surface area (Å²) in [6, 6.07) is 0.274. The quantitative estimate of drug-likeness (QED) is 0.791. The van der Waals surface area contributed by atoms with Crippen LogP contribution in [0.1, 0.15) is 32.6 Å². The third-order valence-corrected chi connectivity index (χ3v) is 2.97. The molecule has 1 aliphatic rings. The molecule has 0 saturated carbocycles. The molecule has 0 radical (unpaired) electrons. The zero-order chi connectivity index (χ0) is 12.0. The maximum atomic E-state index is 11.9. The molecule has 1 heterocycles. The van der Waals surface area contributed by atoms with Crippen molar-refractivity contribution in [3.05, 3.63) is 0 Å². The van der Waals surface area contributed by atoms with E-state index in [1.54, 1.807) is 0 Å². The lowest BCUT2D eigenvalue weighted by molar-refractivity contribution is -0.133. The summed E-state index contributed by atoms with van der Waals surface area (Å²) in [4.78, 5) is 2.38. The van der Waals surface area contributed by atoms with Crippen molar-refractivity contribution in [3.8, 4) is 0 Å². The van der Waals surface area contributed by atoms with Crippen LogP contribution in [0.25, 0.3) is 0 Å². The standard InChI is InChI=1S/C11H21F3N2/c1-2-7-16-8-3-10(4-9-16)15-6-5-11(12,13)14/h10,15H,2-9H2,1H3. The predicted octanol–water partition coefficient (Wildman–Crippen LogP) is 2.40. The highest BCUT2D eigenvalue weighted by atomic mass is 19.4. The lowest BCUT2D eigenvalue weighted by Gasteiger charge is -2.32. The van der Waals surface area contributed by atoms with Gasteiger partial charge in [-0.05, 0) is 38.9 Å². The molecule has 0 aromatic carbocycles. The van der Waals surface area contributed by atoms with E-state index in [9.17, 15) is 13.2 Å². The van der Waals surface area contributed by atoms with Crippen LogP contribution in [0.3, 0.4) is 0 Å². The van der Waals surface area contributed by atoms with E-state index in [4.69, 9.17) is 0 Å². The second-order valence-corrected chi connectivity index (χ2v) is 4.44. The minimum Gasteiger partial charge on any atom is -0.314 e. The van der Waals surface area contributed by atoms with E-state index in [1.165, 1.54) is 0 Å². The number of alkyl halides is 3. The predicted molar refractivity (Wildman–Crippen MR) is 58.4 cm³/mol. The van der Waals surface area contributed by atoms with E-state index in [1.807, 2.05) is 0 Å². The number of halogens is 3. The summed E-state index contributed by atoms with van der Waals surface area (Å²) in [5.74, 6) is 0. The fourth-order valence-corrected chi connectivity index (χ4v) is 2.09. The Bertz CT molecular complexity index is 186. The molecule has 1 rings (SSSR count). The van der Waals surface area contributed by atoms with Crippen molar-refractivity contribution in [1.82, 2.24) is 10.2 Å². The first-order valence-electron chi connectivity index (χ1n) is 6.04. The van der Waals surface area contributed by atoms with Gasteiger partial charge in [0.25, 0.3) is 0 Å². The number of piperidine rings is 1. The molecule has 0 spiro atoms. The Balaban J connectivity index is 2.08. The van der Waals surface area contributed by atoms with Crippen LogP contribution in [0.4, 0.5) is 13.2 Å².